The molecule has 0 saturated heterocycles. The maximum absolute atomic E-state index is 13.5. The van der Waals surface area contributed by atoms with E-state index < -0.39 is 11.4 Å². The van der Waals surface area contributed by atoms with Crippen molar-refractivity contribution >= 4 is 22.9 Å². The molecule has 0 fully saturated rings. The van der Waals surface area contributed by atoms with Gasteiger partial charge in [0.1, 0.15) is 17.1 Å². The molecule has 0 aliphatic carbocycles. The number of fused-ring (bicyclic) bond motifs is 1. The minimum Gasteiger partial charge on any atom is -0.437 e. The summed E-state index contributed by atoms with van der Waals surface area (Å²) in [5.41, 5.74) is 2.79. The van der Waals surface area contributed by atoms with Crippen LogP contribution in [0.3, 0.4) is 0 Å². The van der Waals surface area contributed by atoms with Crippen molar-refractivity contribution in [2.24, 2.45) is 0 Å². The molecule has 37 heavy (non-hydrogen) atoms. The van der Waals surface area contributed by atoms with Crippen molar-refractivity contribution in [1.29, 1.82) is 5.26 Å². The first-order chi connectivity index (χ1) is 17.7. The van der Waals surface area contributed by atoms with E-state index in [1.165, 1.54) is 19.2 Å². The first kappa shape index (κ1) is 25.6. The highest BCUT2D eigenvalue weighted by atomic mass is 19.1. The highest BCUT2D eigenvalue weighted by Crippen LogP contribution is 2.37. The fourth-order valence-electron chi connectivity index (χ4n) is 4.10. The quantitative estimate of drug-likeness (QED) is 0.343. The van der Waals surface area contributed by atoms with Crippen molar-refractivity contribution in [1.82, 2.24) is 15.6 Å². The van der Waals surface area contributed by atoms with Gasteiger partial charge in [0.05, 0.1) is 22.7 Å². The number of nitrogens with one attached hydrogen (secondary N) is 2. The van der Waals surface area contributed by atoms with Crippen molar-refractivity contribution in [3.8, 4) is 28.5 Å². The Morgan fingerprint density at radius 3 is 2.46 bits per heavy atom. The summed E-state index contributed by atoms with van der Waals surface area (Å²) in [6.45, 7) is 5.29. The number of nitriles is 1. The van der Waals surface area contributed by atoms with Gasteiger partial charge in [-0.15, -0.1) is 0 Å². The number of aromatic nitrogens is 1. The molecule has 0 atom stereocenters. The lowest BCUT2D eigenvalue weighted by molar-refractivity contribution is 0.0927. The summed E-state index contributed by atoms with van der Waals surface area (Å²) in [4.78, 5) is 30.5. The molecule has 0 spiro atoms. The average Bonchev–Trinajstić information content (AvgIpc) is 3.26. The Hall–Kier alpha value is -4.51. The summed E-state index contributed by atoms with van der Waals surface area (Å²) in [5, 5.41) is 15.2. The zero-order valence-corrected chi connectivity index (χ0v) is 21.1. The smallest absolute Gasteiger partial charge is 0.255 e. The Balaban J connectivity index is 1.90. The molecule has 0 aliphatic rings. The molecule has 7 nitrogen and oxygen atoms in total. The molecular weight excluding hydrogens is 471 g/mol. The van der Waals surface area contributed by atoms with E-state index in [2.05, 4.69) is 16.7 Å². The Kier molecular flexibility index (Phi) is 7.07. The van der Waals surface area contributed by atoms with Crippen LogP contribution < -0.4 is 10.6 Å². The van der Waals surface area contributed by atoms with Gasteiger partial charge in [-0.3, -0.25) is 9.59 Å². The third-order valence-electron chi connectivity index (χ3n) is 5.95. The Labute approximate surface area is 214 Å². The van der Waals surface area contributed by atoms with Gasteiger partial charge in [0.2, 0.25) is 5.71 Å². The van der Waals surface area contributed by atoms with Crippen LogP contribution in [0.4, 0.5) is 4.39 Å². The van der Waals surface area contributed by atoms with Crippen molar-refractivity contribution in [2.45, 2.75) is 39.2 Å². The number of rotatable bonds is 7. The van der Waals surface area contributed by atoms with Gasteiger partial charge in [-0.25, -0.2) is 9.37 Å². The average molecular weight is 499 g/mol. The summed E-state index contributed by atoms with van der Waals surface area (Å²) in [5.74, 6) is -0.823. The molecule has 0 unspecified atom stereocenters. The van der Waals surface area contributed by atoms with Gasteiger partial charge in [0, 0.05) is 23.7 Å². The first-order valence-corrected chi connectivity index (χ1v) is 12.0. The van der Waals surface area contributed by atoms with Crippen molar-refractivity contribution in [2.75, 3.05) is 7.05 Å². The maximum atomic E-state index is 13.5. The number of hydrogen-bond donors (Lipinski definition) is 2. The van der Waals surface area contributed by atoms with Gasteiger partial charge in [-0.2, -0.15) is 5.26 Å². The molecule has 0 aliphatic heterocycles. The highest BCUT2D eigenvalue weighted by Gasteiger charge is 2.25. The molecule has 8 heteroatoms. The number of aryl methyl sites for hydroxylation is 1. The van der Waals surface area contributed by atoms with Crippen LogP contribution in [0, 0.1) is 17.1 Å². The second-order valence-corrected chi connectivity index (χ2v) is 9.25. The molecule has 2 aromatic carbocycles. The second kappa shape index (κ2) is 10.2. The minimum atomic E-state index is -1.02. The SMILES string of the molecule is CCCc1nc2oc(-c3ccc(F)cc3)c(C(=O)NC)c2cc1-c1cccc(C(=O)NC(C)(C)C#N)c1. The minimum absolute atomic E-state index is 0.297. The molecule has 2 amide bonds. The van der Waals surface area contributed by atoms with Crippen molar-refractivity contribution in [3.05, 3.63) is 77.2 Å². The fourth-order valence-corrected chi connectivity index (χ4v) is 4.10. The van der Waals surface area contributed by atoms with E-state index in [9.17, 15) is 19.2 Å². The van der Waals surface area contributed by atoms with Crippen LogP contribution in [0.2, 0.25) is 0 Å². The molecule has 2 N–H and O–H groups in total. The molecular formula is C29H27FN4O3. The van der Waals surface area contributed by atoms with Crippen LogP contribution in [-0.4, -0.2) is 29.4 Å². The number of amides is 2. The Morgan fingerprint density at radius 2 is 1.81 bits per heavy atom. The van der Waals surface area contributed by atoms with Gasteiger partial charge < -0.3 is 15.1 Å². The third-order valence-corrected chi connectivity index (χ3v) is 5.95. The normalized spacial score (nSPS) is 11.2. The lowest BCUT2D eigenvalue weighted by Gasteiger charge is -2.18. The topological polar surface area (TPSA) is 108 Å². The third kappa shape index (κ3) is 5.21. The fraction of sp³-hybridized carbons (Fsp3) is 0.241. The number of halogens is 1. The van der Waals surface area contributed by atoms with Gasteiger partial charge in [0.15, 0.2) is 0 Å². The molecule has 0 radical (unpaired) electrons. The summed E-state index contributed by atoms with van der Waals surface area (Å²) < 4.78 is 19.6. The van der Waals surface area contributed by atoms with Gasteiger partial charge in [-0.05, 0) is 68.3 Å². The van der Waals surface area contributed by atoms with Gasteiger partial charge in [0.25, 0.3) is 11.8 Å². The summed E-state index contributed by atoms with van der Waals surface area (Å²) in [6.07, 6.45) is 1.46. The van der Waals surface area contributed by atoms with E-state index in [1.54, 1.807) is 44.2 Å². The number of pyridine rings is 1. The molecule has 188 valence electrons. The highest BCUT2D eigenvalue weighted by molar-refractivity contribution is 6.11. The van der Waals surface area contributed by atoms with Crippen LogP contribution in [0.15, 0.2) is 59.0 Å². The monoisotopic (exact) mass is 498 g/mol. The van der Waals surface area contributed by atoms with Crippen LogP contribution in [0.5, 0.6) is 0 Å². The Morgan fingerprint density at radius 1 is 1.08 bits per heavy atom. The zero-order valence-electron chi connectivity index (χ0n) is 21.1. The number of hydrogen-bond acceptors (Lipinski definition) is 5. The van der Waals surface area contributed by atoms with E-state index in [0.29, 0.717) is 40.0 Å². The van der Waals surface area contributed by atoms with Crippen LogP contribution in [-0.2, 0) is 6.42 Å². The van der Waals surface area contributed by atoms with E-state index in [1.807, 2.05) is 19.1 Å². The molecule has 0 saturated carbocycles. The van der Waals surface area contributed by atoms with Gasteiger partial charge in [-0.1, -0.05) is 25.5 Å². The number of benzene rings is 2. The summed E-state index contributed by atoms with van der Waals surface area (Å²) in [6, 6.07) is 16.7. The Bertz CT molecular complexity index is 1530. The van der Waals surface area contributed by atoms with Crippen LogP contribution in [0.1, 0.15) is 53.6 Å². The second-order valence-electron chi connectivity index (χ2n) is 9.25. The van der Waals surface area contributed by atoms with Crippen molar-refractivity contribution in [3.63, 3.8) is 0 Å². The lowest BCUT2D eigenvalue weighted by atomic mass is 9.96. The summed E-state index contributed by atoms with van der Waals surface area (Å²) in [7, 11) is 1.53. The van der Waals surface area contributed by atoms with E-state index in [0.717, 1.165) is 23.2 Å². The predicted molar refractivity (Wildman–Crippen MR) is 139 cm³/mol. The molecule has 2 heterocycles. The largest absolute Gasteiger partial charge is 0.437 e. The van der Waals surface area contributed by atoms with E-state index in [-0.39, 0.29) is 11.8 Å². The molecule has 0 bridgehead atoms. The van der Waals surface area contributed by atoms with E-state index >= 15 is 0 Å². The standard InChI is InChI=1S/C29H27FN4O3/c1-5-7-23-21(18-8-6-9-19(14-18)26(35)34-29(2,3)16-31)15-22-24(27(36)32-4)25(37-28(22)33-23)17-10-12-20(30)13-11-17/h6,8-15H,5,7H2,1-4H3,(H,32,36)(H,34,35). The number of carbonyl (C=O) groups is 2. The number of carbonyl (C=O) groups excluding carboxylic acids is 2. The molecule has 4 aromatic rings. The summed E-state index contributed by atoms with van der Waals surface area (Å²) >= 11 is 0. The predicted octanol–water partition coefficient (Wildman–Crippen LogP) is 5.64. The molecule has 4 rings (SSSR count). The van der Waals surface area contributed by atoms with Gasteiger partial charge >= 0.3 is 0 Å². The van der Waals surface area contributed by atoms with Crippen molar-refractivity contribution < 1.29 is 18.4 Å². The first-order valence-electron chi connectivity index (χ1n) is 12.0. The lowest BCUT2D eigenvalue weighted by Crippen LogP contribution is -2.42. The van der Waals surface area contributed by atoms with Crippen LogP contribution >= 0.6 is 0 Å². The number of furan rings is 1. The number of nitrogens with zero attached hydrogens (tertiary/aromatic N) is 2. The molecule has 2 aromatic heterocycles. The maximum Gasteiger partial charge on any atom is 0.255 e. The van der Waals surface area contributed by atoms with E-state index in [4.69, 9.17) is 9.40 Å². The zero-order chi connectivity index (χ0) is 26.7. The van der Waals surface area contributed by atoms with Crippen LogP contribution in [0.25, 0.3) is 33.6 Å².